The first-order valence-electron chi connectivity index (χ1n) is 9.77. The van der Waals surface area contributed by atoms with Crippen LogP contribution in [-0.2, 0) is 0 Å². The number of nitro groups is 3. The molecule has 0 aliphatic rings. The van der Waals surface area contributed by atoms with Crippen molar-refractivity contribution in [3.05, 3.63) is 30.3 Å². The van der Waals surface area contributed by atoms with Crippen LogP contribution in [0.3, 0.4) is 0 Å². The minimum atomic E-state index is -0.822. The highest BCUT2D eigenvalue weighted by molar-refractivity contribution is 6.00. The fraction of sp³-hybridized carbons (Fsp3) is 0.667. The van der Waals surface area contributed by atoms with Gasteiger partial charge in [-0.3, -0.25) is 30.3 Å². The summed E-state index contributed by atoms with van der Waals surface area (Å²) >= 11 is 0. The molecule has 0 aromatic heterocycles. The van der Waals surface area contributed by atoms with E-state index >= 15 is 0 Å². The predicted molar refractivity (Wildman–Crippen MR) is 116 cm³/mol. The van der Waals surface area contributed by atoms with Crippen LogP contribution < -0.4 is 16.0 Å². The van der Waals surface area contributed by atoms with Gasteiger partial charge in [-0.15, -0.1) is 0 Å². The maximum absolute atomic E-state index is 11.9. The van der Waals surface area contributed by atoms with Crippen LogP contribution in [0.25, 0.3) is 0 Å². The van der Waals surface area contributed by atoms with Gasteiger partial charge in [0.1, 0.15) is 0 Å². The molecule has 12 nitrogen and oxygen atoms in total. The quantitative estimate of drug-likeness (QED) is 0.319. The Labute approximate surface area is 174 Å². The highest BCUT2D eigenvalue weighted by atomic mass is 16.6. The molecule has 0 saturated carbocycles. The first-order valence-corrected chi connectivity index (χ1v) is 9.77. The standard InChI is InChI=1S/C18H30N6O6/c1-10(2)7-19-13-16(22(25)26)14(20-8-11(3)4)18(24(29)30)15(17(13)23(27)28)21-9-12(5)6/h10-12,19-21H,7-9H2,1-6H3. The van der Waals surface area contributed by atoms with E-state index in [9.17, 15) is 30.3 Å². The molecule has 0 fully saturated rings. The highest BCUT2D eigenvalue weighted by Gasteiger charge is 2.42. The molecule has 0 unspecified atom stereocenters. The number of nitro benzene ring substituents is 3. The smallest absolute Gasteiger partial charge is 0.329 e. The normalized spacial score (nSPS) is 11.1. The van der Waals surface area contributed by atoms with Crippen LogP contribution in [0.4, 0.5) is 34.1 Å². The Morgan fingerprint density at radius 2 is 0.767 bits per heavy atom. The van der Waals surface area contributed by atoms with Crippen LogP contribution in [0.5, 0.6) is 0 Å². The van der Waals surface area contributed by atoms with Crippen LogP contribution in [0.15, 0.2) is 0 Å². The molecule has 3 N–H and O–H groups in total. The maximum atomic E-state index is 11.9. The lowest BCUT2D eigenvalue weighted by molar-refractivity contribution is -0.399. The second-order valence-corrected chi connectivity index (χ2v) is 8.27. The van der Waals surface area contributed by atoms with E-state index in [0.717, 1.165) is 0 Å². The molecule has 0 saturated heterocycles. The van der Waals surface area contributed by atoms with E-state index in [1.165, 1.54) is 0 Å². The van der Waals surface area contributed by atoms with Gasteiger partial charge in [0, 0.05) is 19.6 Å². The van der Waals surface area contributed by atoms with Gasteiger partial charge in [-0.1, -0.05) is 41.5 Å². The molecule has 12 heteroatoms. The monoisotopic (exact) mass is 426 g/mol. The molecule has 0 aliphatic heterocycles. The van der Waals surface area contributed by atoms with E-state index in [2.05, 4.69) is 16.0 Å². The van der Waals surface area contributed by atoms with Gasteiger partial charge in [-0.25, -0.2) is 0 Å². The zero-order chi connectivity index (χ0) is 23.2. The van der Waals surface area contributed by atoms with Crippen molar-refractivity contribution in [2.75, 3.05) is 35.6 Å². The van der Waals surface area contributed by atoms with Crippen molar-refractivity contribution in [3.63, 3.8) is 0 Å². The molecule has 0 bridgehead atoms. The van der Waals surface area contributed by atoms with Crippen molar-refractivity contribution in [1.29, 1.82) is 0 Å². The summed E-state index contributed by atoms with van der Waals surface area (Å²) in [5, 5.41) is 44.1. The summed E-state index contributed by atoms with van der Waals surface area (Å²) < 4.78 is 0. The molecule has 1 aromatic carbocycles. The van der Waals surface area contributed by atoms with E-state index in [1.54, 1.807) is 0 Å². The zero-order valence-corrected chi connectivity index (χ0v) is 18.1. The molecule has 0 spiro atoms. The van der Waals surface area contributed by atoms with E-state index in [1.807, 2.05) is 41.5 Å². The minimum absolute atomic E-state index is 0.0264. The number of hydrogen-bond donors (Lipinski definition) is 3. The van der Waals surface area contributed by atoms with E-state index in [0.29, 0.717) is 0 Å². The number of nitrogens with zero attached hydrogens (tertiary/aromatic N) is 3. The topological polar surface area (TPSA) is 166 Å². The number of anilines is 3. The van der Waals surface area contributed by atoms with Crippen LogP contribution in [0.2, 0.25) is 0 Å². The van der Waals surface area contributed by atoms with E-state index < -0.39 is 31.8 Å². The van der Waals surface area contributed by atoms with E-state index in [-0.39, 0.29) is 54.5 Å². The Bertz CT molecular complexity index is 683. The number of benzene rings is 1. The third-order valence-corrected chi connectivity index (χ3v) is 4.03. The van der Waals surface area contributed by atoms with Gasteiger partial charge in [0.2, 0.25) is 0 Å². The summed E-state index contributed by atoms with van der Waals surface area (Å²) in [6.07, 6.45) is 0. The summed E-state index contributed by atoms with van der Waals surface area (Å²) in [4.78, 5) is 33.3. The molecule has 0 radical (unpaired) electrons. The van der Waals surface area contributed by atoms with Gasteiger partial charge in [0.15, 0.2) is 17.1 Å². The van der Waals surface area contributed by atoms with E-state index in [4.69, 9.17) is 0 Å². The van der Waals surface area contributed by atoms with Crippen molar-refractivity contribution in [2.45, 2.75) is 41.5 Å². The second-order valence-electron chi connectivity index (χ2n) is 8.27. The van der Waals surface area contributed by atoms with Crippen LogP contribution >= 0.6 is 0 Å². The van der Waals surface area contributed by atoms with Crippen LogP contribution in [0.1, 0.15) is 41.5 Å². The maximum Gasteiger partial charge on any atom is 0.329 e. The SMILES string of the molecule is CC(C)CNc1c([N+](=O)[O-])c(NCC(C)C)c([N+](=O)[O-])c(NCC(C)C)c1[N+](=O)[O-]. The second kappa shape index (κ2) is 10.6. The highest BCUT2D eigenvalue weighted by Crippen LogP contribution is 2.52. The molecule has 168 valence electrons. The lowest BCUT2D eigenvalue weighted by Gasteiger charge is -2.18. The molecule has 0 aliphatic carbocycles. The lowest BCUT2D eigenvalue weighted by Crippen LogP contribution is -2.19. The van der Waals surface area contributed by atoms with Crippen molar-refractivity contribution in [2.24, 2.45) is 17.8 Å². The summed E-state index contributed by atoms with van der Waals surface area (Å²) in [6, 6.07) is 0. The van der Waals surface area contributed by atoms with Crippen molar-refractivity contribution < 1.29 is 14.8 Å². The fourth-order valence-corrected chi connectivity index (χ4v) is 2.68. The average molecular weight is 426 g/mol. The third-order valence-electron chi connectivity index (χ3n) is 4.03. The largest absolute Gasteiger partial charge is 0.373 e. The Morgan fingerprint density at radius 1 is 0.567 bits per heavy atom. The van der Waals surface area contributed by atoms with Crippen molar-refractivity contribution in [1.82, 2.24) is 0 Å². The third kappa shape index (κ3) is 6.16. The molecule has 0 atom stereocenters. The molecule has 1 aromatic rings. The molecule has 0 heterocycles. The number of nitrogens with one attached hydrogen (secondary N) is 3. The van der Waals surface area contributed by atoms with Crippen LogP contribution in [-0.4, -0.2) is 34.4 Å². The van der Waals surface area contributed by atoms with Gasteiger partial charge in [0.05, 0.1) is 14.8 Å². The molecular formula is C18H30N6O6. The van der Waals surface area contributed by atoms with Gasteiger partial charge in [-0.2, -0.15) is 0 Å². The van der Waals surface area contributed by atoms with Crippen LogP contribution in [0, 0.1) is 48.1 Å². The Morgan fingerprint density at radius 3 is 0.900 bits per heavy atom. The average Bonchev–Trinajstić information content (AvgIpc) is 2.60. The van der Waals surface area contributed by atoms with Gasteiger partial charge in [0.25, 0.3) is 0 Å². The molecule has 0 amide bonds. The summed E-state index contributed by atoms with van der Waals surface area (Å²) in [7, 11) is 0. The number of hydrogen-bond acceptors (Lipinski definition) is 9. The van der Waals surface area contributed by atoms with Crippen molar-refractivity contribution >= 4 is 34.1 Å². The first-order chi connectivity index (χ1) is 13.9. The van der Waals surface area contributed by atoms with Crippen molar-refractivity contribution in [3.8, 4) is 0 Å². The fourth-order valence-electron chi connectivity index (χ4n) is 2.68. The summed E-state index contributed by atoms with van der Waals surface area (Å²) in [5.74, 6) is 0.0793. The zero-order valence-electron chi connectivity index (χ0n) is 18.1. The molecule has 1 rings (SSSR count). The first kappa shape index (κ1) is 24.9. The predicted octanol–water partition coefficient (Wildman–Crippen LogP) is 4.61. The van der Waals surface area contributed by atoms with Gasteiger partial charge in [-0.05, 0) is 17.8 Å². The van der Waals surface area contributed by atoms with Gasteiger partial charge < -0.3 is 16.0 Å². The summed E-state index contributed by atoms with van der Waals surface area (Å²) in [6.45, 7) is 11.7. The molecular weight excluding hydrogens is 396 g/mol. The Kier molecular flexibility index (Phi) is 8.75. The summed E-state index contributed by atoms with van der Waals surface area (Å²) in [5.41, 5.74) is -3.15. The Balaban J connectivity index is 4.00. The Hall–Kier alpha value is -3.18. The molecule has 30 heavy (non-hydrogen) atoms. The van der Waals surface area contributed by atoms with Gasteiger partial charge >= 0.3 is 17.1 Å². The minimum Gasteiger partial charge on any atom is -0.373 e. The lowest BCUT2D eigenvalue weighted by atomic mass is 10.1. The number of rotatable bonds is 12.